The molecule has 0 N–H and O–H groups in total. The molecule has 0 fully saturated rings. The molecule has 0 atom stereocenters. The Bertz CT molecular complexity index is 662. The number of aromatic nitrogens is 2. The minimum atomic E-state index is -2.27. The van der Waals surface area contributed by atoms with Gasteiger partial charge < -0.3 is 4.74 Å². The maximum Gasteiger partial charge on any atom is 0.207 e. The molecule has 2 rings (SSSR count). The van der Waals surface area contributed by atoms with Crippen molar-refractivity contribution in [2.24, 2.45) is 0 Å². The summed E-state index contributed by atoms with van der Waals surface area (Å²) in [6.07, 6.45) is 2.68. The van der Waals surface area contributed by atoms with Gasteiger partial charge in [0.2, 0.25) is 29.1 Å². The molecule has 0 spiro atoms. The molecule has 1 aromatic heterocycles. The van der Waals surface area contributed by atoms with E-state index < -0.39 is 41.4 Å². The first-order chi connectivity index (χ1) is 9.95. The van der Waals surface area contributed by atoms with Crippen molar-refractivity contribution in [3.05, 3.63) is 52.9 Å². The number of halogens is 5. The van der Waals surface area contributed by atoms with Gasteiger partial charge in [0.15, 0.2) is 17.9 Å². The minimum Gasteiger partial charge on any atom is -0.479 e. The van der Waals surface area contributed by atoms with Crippen LogP contribution in [0.1, 0.15) is 16.2 Å². The van der Waals surface area contributed by atoms with E-state index in [4.69, 9.17) is 0 Å². The summed E-state index contributed by atoms with van der Waals surface area (Å²) in [5.41, 5.74) is 0.148. The topological polar surface area (TPSA) is 52.1 Å². The molecule has 0 aliphatic carbocycles. The molecule has 110 valence electrons. The Morgan fingerprint density at radius 2 is 1.38 bits per heavy atom. The fourth-order valence-corrected chi connectivity index (χ4v) is 1.35. The van der Waals surface area contributed by atoms with E-state index in [0.29, 0.717) is 6.29 Å². The second kappa shape index (κ2) is 5.81. The summed E-state index contributed by atoms with van der Waals surface area (Å²) in [6, 6.07) is 0. The van der Waals surface area contributed by atoms with E-state index in [1.165, 1.54) is 0 Å². The van der Waals surface area contributed by atoms with Crippen LogP contribution < -0.4 is 4.74 Å². The fourth-order valence-electron chi connectivity index (χ4n) is 1.35. The quantitative estimate of drug-likeness (QED) is 0.377. The van der Waals surface area contributed by atoms with Crippen molar-refractivity contribution < 1.29 is 31.5 Å². The number of nitrogens with zero attached hydrogens (tertiary/aromatic N) is 2. The number of carbonyl (C=O) groups excluding carboxylic acids is 1. The van der Waals surface area contributed by atoms with Gasteiger partial charge in [0.1, 0.15) is 6.61 Å². The van der Waals surface area contributed by atoms with Gasteiger partial charge in [0.25, 0.3) is 0 Å². The number of ether oxygens (including phenoxy) is 1. The fraction of sp³-hybridized carbons (Fsp3) is 0.0833. The summed E-state index contributed by atoms with van der Waals surface area (Å²) in [5, 5.41) is 0. The highest BCUT2D eigenvalue weighted by atomic mass is 19.2. The van der Waals surface area contributed by atoms with E-state index in [-0.39, 0.29) is 11.4 Å². The van der Waals surface area contributed by atoms with Gasteiger partial charge in [-0.25, -0.2) is 23.1 Å². The Kier molecular flexibility index (Phi) is 4.10. The molecular formula is C12H5F5N2O2. The molecule has 0 radical (unpaired) electrons. The van der Waals surface area contributed by atoms with Crippen LogP contribution >= 0.6 is 0 Å². The molecule has 2 aromatic rings. The summed E-state index contributed by atoms with van der Waals surface area (Å²) in [4.78, 5) is 17.6. The lowest BCUT2D eigenvalue weighted by atomic mass is 10.2. The van der Waals surface area contributed by atoms with Crippen LogP contribution in [-0.4, -0.2) is 16.3 Å². The van der Waals surface area contributed by atoms with Gasteiger partial charge in [-0.05, 0) is 0 Å². The average molecular weight is 304 g/mol. The molecule has 0 aliphatic heterocycles. The highest BCUT2D eigenvalue weighted by Gasteiger charge is 2.27. The van der Waals surface area contributed by atoms with Crippen molar-refractivity contribution in [1.29, 1.82) is 0 Å². The van der Waals surface area contributed by atoms with Gasteiger partial charge >= 0.3 is 0 Å². The van der Waals surface area contributed by atoms with Gasteiger partial charge in [-0.3, -0.25) is 4.79 Å². The SMILES string of the molecule is O=Cc1cnc(COc2c(F)c(F)c(F)c(F)c2F)nc1. The maximum atomic E-state index is 13.3. The van der Waals surface area contributed by atoms with Crippen LogP contribution in [0.15, 0.2) is 12.4 Å². The maximum absolute atomic E-state index is 13.3. The molecule has 1 heterocycles. The summed E-state index contributed by atoms with van der Waals surface area (Å²) < 4.78 is 69.8. The zero-order valence-corrected chi connectivity index (χ0v) is 10.0. The third-order valence-corrected chi connectivity index (χ3v) is 2.38. The highest BCUT2D eigenvalue weighted by Crippen LogP contribution is 2.29. The van der Waals surface area contributed by atoms with Crippen molar-refractivity contribution in [3.63, 3.8) is 0 Å². The van der Waals surface area contributed by atoms with Gasteiger partial charge in [-0.2, -0.15) is 8.78 Å². The molecule has 4 nitrogen and oxygen atoms in total. The third-order valence-electron chi connectivity index (χ3n) is 2.38. The monoisotopic (exact) mass is 304 g/mol. The summed E-state index contributed by atoms with van der Waals surface area (Å²) in [5.74, 6) is -12.2. The first kappa shape index (κ1) is 14.8. The van der Waals surface area contributed by atoms with Crippen LogP contribution in [0.4, 0.5) is 22.0 Å². The Hall–Kier alpha value is -2.58. The van der Waals surface area contributed by atoms with E-state index in [1.54, 1.807) is 0 Å². The molecule has 21 heavy (non-hydrogen) atoms. The van der Waals surface area contributed by atoms with Gasteiger partial charge in [0.05, 0.1) is 5.56 Å². The highest BCUT2D eigenvalue weighted by molar-refractivity contribution is 5.73. The first-order valence-corrected chi connectivity index (χ1v) is 5.36. The van der Waals surface area contributed by atoms with E-state index >= 15 is 0 Å². The number of carbonyl (C=O) groups is 1. The second-order valence-corrected chi connectivity index (χ2v) is 3.74. The number of aldehydes is 1. The Labute approximate surface area is 114 Å². The first-order valence-electron chi connectivity index (χ1n) is 5.36. The number of benzene rings is 1. The van der Waals surface area contributed by atoms with E-state index in [1.807, 2.05) is 0 Å². The van der Waals surface area contributed by atoms with Crippen LogP contribution in [0.2, 0.25) is 0 Å². The van der Waals surface area contributed by atoms with Crippen LogP contribution in [0, 0.1) is 29.1 Å². The van der Waals surface area contributed by atoms with Crippen molar-refractivity contribution in [2.45, 2.75) is 6.61 Å². The predicted molar refractivity (Wildman–Crippen MR) is 58.0 cm³/mol. The van der Waals surface area contributed by atoms with Crippen LogP contribution in [-0.2, 0) is 6.61 Å². The predicted octanol–water partition coefficient (Wildman–Crippen LogP) is 2.56. The second-order valence-electron chi connectivity index (χ2n) is 3.74. The molecule has 0 bridgehead atoms. The third kappa shape index (κ3) is 2.81. The lowest BCUT2D eigenvalue weighted by Gasteiger charge is -2.09. The molecule has 1 aromatic carbocycles. The van der Waals surface area contributed by atoms with Crippen LogP contribution in [0.3, 0.4) is 0 Å². The standard InChI is InChI=1S/C12H5F5N2O2/c13-7-8(14)10(16)12(11(17)9(7)15)21-4-6-18-1-5(3-20)2-19-6/h1-3H,4H2. The van der Waals surface area contributed by atoms with Crippen LogP contribution in [0.25, 0.3) is 0 Å². The van der Waals surface area contributed by atoms with Gasteiger partial charge in [0, 0.05) is 12.4 Å². The van der Waals surface area contributed by atoms with E-state index in [0.717, 1.165) is 12.4 Å². The van der Waals surface area contributed by atoms with Crippen molar-refractivity contribution in [3.8, 4) is 5.75 Å². The largest absolute Gasteiger partial charge is 0.479 e. The zero-order valence-electron chi connectivity index (χ0n) is 10.0. The normalized spacial score (nSPS) is 10.5. The van der Waals surface area contributed by atoms with Gasteiger partial charge in [-0.15, -0.1) is 0 Å². The Balaban J connectivity index is 2.25. The van der Waals surface area contributed by atoms with Crippen molar-refractivity contribution in [1.82, 2.24) is 9.97 Å². The zero-order chi connectivity index (χ0) is 15.6. The van der Waals surface area contributed by atoms with Gasteiger partial charge in [-0.1, -0.05) is 0 Å². The lowest BCUT2D eigenvalue weighted by Crippen LogP contribution is -2.08. The number of hydrogen-bond acceptors (Lipinski definition) is 4. The summed E-state index contributed by atoms with van der Waals surface area (Å²) in [6.45, 7) is -0.641. The minimum absolute atomic E-state index is 0.107. The van der Waals surface area contributed by atoms with Crippen molar-refractivity contribution in [2.75, 3.05) is 0 Å². The molecule has 9 heteroatoms. The molecular weight excluding hydrogens is 299 g/mol. The van der Waals surface area contributed by atoms with Crippen LogP contribution in [0.5, 0.6) is 5.75 Å². The van der Waals surface area contributed by atoms with E-state index in [2.05, 4.69) is 14.7 Å². The number of hydrogen-bond donors (Lipinski definition) is 0. The summed E-state index contributed by atoms with van der Waals surface area (Å²) in [7, 11) is 0. The Morgan fingerprint density at radius 3 is 1.86 bits per heavy atom. The lowest BCUT2D eigenvalue weighted by molar-refractivity contribution is 0.112. The molecule has 0 aliphatic rings. The number of rotatable bonds is 4. The smallest absolute Gasteiger partial charge is 0.207 e. The summed E-state index contributed by atoms with van der Waals surface area (Å²) >= 11 is 0. The van der Waals surface area contributed by atoms with Crippen molar-refractivity contribution >= 4 is 6.29 Å². The average Bonchev–Trinajstić information content (AvgIpc) is 2.51. The molecule has 0 unspecified atom stereocenters. The molecule has 0 saturated carbocycles. The van der Waals surface area contributed by atoms with E-state index in [9.17, 15) is 26.7 Å². The molecule has 0 amide bonds. The molecule has 0 saturated heterocycles. The Morgan fingerprint density at radius 1 is 0.905 bits per heavy atom.